The number of hydrazine groups is 1. The lowest BCUT2D eigenvalue weighted by Gasteiger charge is -1.95. The lowest BCUT2D eigenvalue weighted by atomic mass is 10.2. The first kappa shape index (κ1) is 12.7. The van der Waals surface area contributed by atoms with Crippen molar-refractivity contribution in [2.45, 2.75) is 13.5 Å². The highest BCUT2D eigenvalue weighted by Crippen LogP contribution is 2.15. The van der Waals surface area contributed by atoms with Crippen LogP contribution in [0.5, 0.6) is 0 Å². The largest absolute Gasteiger partial charge is 0.490 e. The zero-order chi connectivity index (χ0) is 14.0. The number of aryl methyl sites for hydroxylation is 1. The molecule has 19 heavy (non-hydrogen) atoms. The number of carbonyl (C=O) groups is 1. The predicted octanol–water partition coefficient (Wildman–Crippen LogP) is -0.260. The van der Waals surface area contributed by atoms with Crippen LogP contribution in [0, 0.1) is 17.0 Å². The Bertz CT molecular complexity index is 630. The number of rotatable bonds is 4. The van der Waals surface area contributed by atoms with E-state index in [2.05, 4.69) is 10.1 Å². The maximum Gasteiger partial charge on any atom is 0.490 e. The first-order valence-corrected chi connectivity index (χ1v) is 5.15. The molecule has 0 aliphatic rings. The highest BCUT2D eigenvalue weighted by atomic mass is 16.6. The Labute approximate surface area is 106 Å². The van der Waals surface area contributed by atoms with Crippen LogP contribution >= 0.6 is 0 Å². The van der Waals surface area contributed by atoms with E-state index in [1.807, 2.05) is 5.43 Å². The van der Waals surface area contributed by atoms with Crippen molar-refractivity contribution >= 4 is 11.9 Å². The number of nitro groups is 1. The number of carbonyl (C=O) groups excluding carboxylic acids is 1. The Morgan fingerprint density at radius 1 is 1.68 bits per heavy atom. The number of nitrogen functional groups attached to an aromatic ring is 1. The average molecular weight is 266 g/mol. The molecule has 2 rings (SSSR count). The van der Waals surface area contributed by atoms with E-state index in [1.165, 1.54) is 11.0 Å². The Morgan fingerprint density at radius 3 is 3.00 bits per heavy atom. The summed E-state index contributed by atoms with van der Waals surface area (Å²) in [5.41, 5.74) is 2.57. The zero-order valence-corrected chi connectivity index (χ0v) is 9.86. The molecular weight excluding hydrogens is 256 g/mol. The Morgan fingerprint density at radius 2 is 2.42 bits per heavy atom. The molecule has 0 aliphatic heterocycles. The molecule has 2 aromatic rings. The third-order valence-electron chi connectivity index (χ3n) is 2.31. The van der Waals surface area contributed by atoms with E-state index in [4.69, 9.17) is 10.3 Å². The zero-order valence-electron chi connectivity index (χ0n) is 9.86. The van der Waals surface area contributed by atoms with Crippen LogP contribution in [0.1, 0.15) is 21.9 Å². The molecule has 10 heteroatoms. The molecular formula is C9H10N6O4. The summed E-state index contributed by atoms with van der Waals surface area (Å²) < 4.78 is 6.53. The molecule has 100 valence electrons. The van der Waals surface area contributed by atoms with E-state index >= 15 is 0 Å². The van der Waals surface area contributed by atoms with E-state index in [-0.39, 0.29) is 12.3 Å². The third kappa shape index (κ3) is 2.57. The molecule has 3 N–H and O–H groups in total. The van der Waals surface area contributed by atoms with Crippen LogP contribution in [-0.2, 0) is 6.54 Å². The molecule has 0 saturated heterocycles. The molecule has 10 nitrogen and oxygen atoms in total. The Kier molecular flexibility index (Phi) is 3.25. The Hall–Kier alpha value is -2.75. The maximum atomic E-state index is 11.3. The molecule has 0 saturated carbocycles. The number of hydrogen-bond acceptors (Lipinski definition) is 7. The lowest BCUT2D eigenvalue weighted by molar-refractivity contribution is -0.394. The van der Waals surface area contributed by atoms with Crippen LogP contribution in [-0.4, -0.2) is 25.6 Å². The molecule has 0 fully saturated rings. The molecule has 2 heterocycles. The molecule has 1 amide bonds. The van der Waals surface area contributed by atoms with Gasteiger partial charge in [-0.25, -0.2) is 5.84 Å². The minimum absolute atomic E-state index is 0.0899. The normalized spacial score (nSPS) is 10.4. The number of nitrogens with two attached hydrogens (primary N) is 1. The van der Waals surface area contributed by atoms with Gasteiger partial charge in [-0.15, -0.1) is 0 Å². The summed E-state index contributed by atoms with van der Waals surface area (Å²) in [4.78, 5) is 24.6. The quantitative estimate of drug-likeness (QED) is 0.336. The monoisotopic (exact) mass is 266 g/mol. The van der Waals surface area contributed by atoms with Crippen molar-refractivity contribution in [2.75, 3.05) is 0 Å². The SMILES string of the molecule is Cc1cc(Cn2cnc([N+](=O)[O-])n2)oc1C(=O)NN. The smallest absolute Gasteiger partial charge is 0.454 e. The van der Waals surface area contributed by atoms with E-state index in [1.54, 1.807) is 13.0 Å². The fraction of sp³-hybridized carbons (Fsp3) is 0.222. The van der Waals surface area contributed by atoms with Gasteiger partial charge in [-0.1, -0.05) is 4.98 Å². The number of aromatic nitrogens is 3. The molecule has 0 unspecified atom stereocenters. The number of nitrogens with zero attached hydrogens (tertiary/aromatic N) is 4. The summed E-state index contributed by atoms with van der Waals surface area (Å²) in [7, 11) is 0. The number of amides is 1. The van der Waals surface area contributed by atoms with Gasteiger partial charge in [0.05, 0.1) is 0 Å². The van der Waals surface area contributed by atoms with Crippen LogP contribution in [0.25, 0.3) is 0 Å². The first-order chi connectivity index (χ1) is 9.01. The van der Waals surface area contributed by atoms with Gasteiger partial charge in [-0.05, 0) is 17.9 Å². The summed E-state index contributed by atoms with van der Waals surface area (Å²) in [6, 6.07) is 1.62. The number of hydrogen-bond donors (Lipinski definition) is 2. The van der Waals surface area contributed by atoms with Gasteiger partial charge in [0.25, 0.3) is 0 Å². The minimum Gasteiger partial charge on any atom is -0.454 e. The fourth-order valence-electron chi connectivity index (χ4n) is 1.52. The molecule has 0 bridgehead atoms. The van der Waals surface area contributed by atoms with Gasteiger partial charge in [-0.2, -0.15) is 4.68 Å². The molecule has 0 spiro atoms. The minimum atomic E-state index is -0.697. The van der Waals surface area contributed by atoms with Gasteiger partial charge in [0.15, 0.2) is 5.76 Å². The Balaban J connectivity index is 2.19. The molecule has 0 aliphatic carbocycles. The summed E-state index contributed by atoms with van der Waals surface area (Å²) in [5, 5.41) is 14.1. The van der Waals surface area contributed by atoms with Crippen LogP contribution in [0.15, 0.2) is 16.8 Å². The third-order valence-corrected chi connectivity index (χ3v) is 2.31. The lowest BCUT2D eigenvalue weighted by Crippen LogP contribution is -2.30. The second kappa shape index (κ2) is 4.86. The average Bonchev–Trinajstić information content (AvgIpc) is 2.96. The standard InChI is InChI=1S/C9H10N6O4/c1-5-2-6(19-7(5)8(16)12-10)3-14-4-11-9(13-14)15(17)18/h2,4H,3,10H2,1H3,(H,12,16). The molecule has 0 aromatic carbocycles. The first-order valence-electron chi connectivity index (χ1n) is 5.15. The van der Waals surface area contributed by atoms with Crippen molar-refractivity contribution in [1.82, 2.24) is 20.2 Å². The number of furan rings is 1. The van der Waals surface area contributed by atoms with Gasteiger partial charge in [0.1, 0.15) is 12.3 Å². The summed E-state index contributed by atoms with van der Waals surface area (Å²) in [6.45, 7) is 1.81. The summed E-state index contributed by atoms with van der Waals surface area (Å²) >= 11 is 0. The van der Waals surface area contributed by atoms with Gasteiger partial charge >= 0.3 is 11.9 Å². The van der Waals surface area contributed by atoms with Gasteiger partial charge in [0.2, 0.25) is 6.33 Å². The predicted molar refractivity (Wildman–Crippen MR) is 60.9 cm³/mol. The van der Waals surface area contributed by atoms with Crippen molar-refractivity contribution in [1.29, 1.82) is 0 Å². The van der Waals surface area contributed by atoms with Crippen LogP contribution in [0.4, 0.5) is 5.95 Å². The van der Waals surface area contributed by atoms with Crippen LogP contribution in [0.3, 0.4) is 0 Å². The second-order valence-corrected chi connectivity index (χ2v) is 3.70. The van der Waals surface area contributed by atoms with Gasteiger partial charge in [-0.3, -0.25) is 10.2 Å². The van der Waals surface area contributed by atoms with Crippen molar-refractivity contribution in [3.05, 3.63) is 39.6 Å². The highest BCUT2D eigenvalue weighted by Gasteiger charge is 2.17. The number of nitrogens with one attached hydrogen (secondary N) is 1. The molecule has 0 atom stereocenters. The van der Waals surface area contributed by atoms with Crippen molar-refractivity contribution < 1.29 is 14.1 Å². The molecule has 0 radical (unpaired) electrons. The fourth-order valence-corrected chi connectivity index (χ4v) is 1.52. The van der Waals surface area contributed by atoms with E-state index in [0.29, 0.717) is 11.3 Å². The van der Waals surface area contributed by atoms with Crippen LogP contribution in [0.2, 0.25) is 0 Å². The second-order valence-electron chi connectivity index (χ2n) is 3.70. The summed E-state index contributed by atoms with van der Waals surface area (Å²) in [5.74, 6) is 4.47. The van der Waals surface area contributed by atoms with Crippen molar-refractivity contribution in [3.63, 3.8) is 0 Å². The maximum absolute atomic E-state index is 11.3. The van der Waals surface area contributed by atoms with E-state index in [0.717, 1.165) is 0 Å². The van der Waals surface area contributed by atoms with Gasteiger partial charge < -0.3 is 14.5 Å². The van der Waals surface area contributed by atoms with E-state index < -0.39 is 16.8 Å². The van der Waals surface area contributed by atoms with Crippen LogP contribution < -0.4 is 11.3 Å². The topological polar surface area (TPSA) is 142 Å². The van der Waals surface area contributed by atoms with Gasteiger partial charge in [0, 0.05) is 10.7 Å². The van der Waals surface area contributed by atoms with E-state index in [9.17, 15) is 14.9 Å². The van der Waals surface area contributed by atoms with Crippen molar-refractivity contribution in [3.8, 4) is 0 Å². The van der Waals surface area contributed by atoms with Crippen molar-refractivity contribution in [2.24, 2.45) is 5.84 Å². The molecule has 2 aromatic heterocycles. The highest BCUT2D eigenvalue weighted by molar-refractivity contribution is 5.92. The summed E-state index contributed by atoms with van der Waals surface area (Å²) in [6.07, 6.45) is 1.21.